The second-order valence-corrected chi connectivity index (χ2v) is 13.4. The lowest BCUT2D eigenvalue weighted by Gasteiger charge is -2.32. The molecule has 4 nitrogen and oxygen atoms in total. The van der Waals surface area contributed by atoms with Gasteiger partial charge in [-0.3, -0.25) is 0 Å². The van der Waals surface area contributed by atoms with E-state index in [0.717, 1.165) is 37.7 Å². The summed E-state index contributed by atoms with van der Waals surface area (Å²) in [6.45, 7) is 11.1. The summed E-state index contributed by atoms with van der Waals surface area (Å²) < 4.78 is 5.44. The Morgan fingerprint density at radius 2 is 1.92 bits per heavy atom. The highest BCUT2D eigenvalue weighted by molar-refractivity contribution is 6.76. The summed E-state index contributed by atoms with van der Waals surface area (Å²) in [5, 5.41) is 0. The molecule has 24 heavy (non-hydrogen) atoms. The third-order valence-electron chi connectivity index (χ3n) is 4.69. The van der Waals surface area contributed by atoms with E-state index in [1.54, 1.807) is 0 Å². The van der Waals surface area contributed by atoms with Crippen LogP contribution in [0, 0.1) is 6.92 Å². The molecule has 6 heteroatoms. The number of ether oxygens (including phenoxy) is 1. The van der Waals surface area contributed by atoms with E-state index in [4.69, 9.17) is 10.5 Å². The maximum atomic E-state index is 12.1. The van der Waals surface area contributed by atoms with E-state index in [-0.39, 0.29) is 18.5 Å². The lowest BCUT2D eigenvalue weighted by molar-refractivity contribution is 0.0968. The van der Waals surface area contributed by atoms with E-state index in [1.165, 1.54) is 11.1 Å². The summed E-state index contributed by atoms with van der Waals surface area (Å²) >= 11 is 0. The molecule has 1 fully saturated rings. The van der Waals surface area contributed by atoms with Crippen LogP contribution in [0.15, 0.2) is 18.2 Å². The van der Waals surface area contributed by atoms with Gasteiger partial charge in [-0.05, 0) is 48.9 Å². The number of carbonyl (C=O) groups excluding carboxylic acids is 1. The topological polar surface area (TPSA) is 55.6 Å². The molecule has 2 N–H and O–H groups in total. The molecule has 0 radical (unpaired) electrons. The van der Waals surface area contributed by atoms with Crippen molar-refractivity contribution in [1.82, 2.24) is 4.90 Å². The van der Waals surface area contributed by atoms with Crippen LogP contribution >= 0.6 is 12.4 Å². The van der Waals surface area contributed by atoms with Crippen molar-refractivity contribution in [3.8, 4) is 0 Å². The van der Waals surface area contributed by atoms with Crippen molar-refractivity contribution in [2.24, 2.45) is 0 Å². The number of halogens is 1. The number of nitrogen functional groups attached to an aromatic ring is 1. The molecule has 1 aromatic carbocycles. The molecule has 0 aliphatic carbocycles. The third kappa shape index (κ3) is 5.71. The van der Waals surface area contributed by atoms with E-state index < -0.39 is 8.07 Å². The lowest BCUT2D eigenvalue weighted by atomic mass is 9.86. The molecule has 0 bridgehead atoms. The van der Waals surface area contributed by atoms with Crippen LogP contribution < -0.4 is 5.73 Å². The number of hydrogen-bond acceptors (Lipinski definition) is 3. The molecule has 0 saturated carbocycles. The molecule has 1 aliphatic heterocycles. The quantitative estimate of drug-likeness (QED) is 0.619. The average Bonchev–Trinajstić information content (AvgIpc) is 2.49. The molecule has 1 amide bonds. The number of nitrogens with zero attached hydrogens (tertiary/aromatic N) is 1. The molecular formula is C18H31ClN2O2Si. The first-order chi connectivity index (χ1) is 10.8. The van der Waals surface area contributed by atoms with Crippen LogP contribution in [0.2, 0.25) is 25.7 Å². The Morgan fingerprint density at radius 1 is 1.29 bits per heavy atom. The lowest BCUT2D eigenvalue weighted by Crippen LogP contribution is -2.39. The normalized spacial score (nSPS) is 15.8. The number of likely N-dealkylation sites (tertiary alicyclic amines) is 1. The molecule has 1 heterocycles. The molecular weight excluding hydrogens is 340 g/mol. The number of anilines is 1. The van der Waals surface area contributed by atoms with Crippen LogP contribution in [0.5, 0.6) is 0 Å². The van der Waals surface area contributed by atoms with E-state index in [0.29, 0.717) is 12.5 Å². The van der Waals surface area contributed by atoms with Crippen LogP contribution in [0.25, 0.3) is 0 Å². The van der Waals surface area contributed by atoms with Gasteiger partial charge in [0.2, 0.25) is 0 Å². The van der Waals surface area contributed by atoms with Gasteiger partial charge >= 0.3 is 6.09 Å². The number of nitrogens with two attached hydrogens (primary N) is 1. The number of amides is 1. The van der Waals surface area contributed by atoms with Crippen LogP contribution in [-0.4, -0.2) is 38.8 Å². The summed E-state index contributed by atoms with van der Waals surface area (Å²) in [4.78, 5) is 14.0. The fourth-order valence-electron chi connectivity index (χ4n) is 3.02. The number of hydrogen-bond donors (Lipinski definition) is 1. The van der Waals surface area contributed by atoms with Crippen LogP contribution in [0.4, 0.5) is 10.5 Å². The van der Waals surface area contributed by atoms with Gasteiger partial charge in [0, 0.05) is 26.9 Å². The minimum absolute atomic E-state index is 0. The van der Waals surface area contributed by atoms with Gasteiger partial charge in [0.1, 0.15) is 0 Å². The zero-order valence-corrected chi connectivity index (χ0v) is 17.1. The van der Waals surface area contributed by atoms with Crippen molar-refractivity contribution < 1.29 is 9.53 Å². The Labute approximate surface area is 153 Å². The first kappa shape index (κ1) is 20.8. The van der Waals surface area contributed by atoms with E-state index >= 15 is 0 Å². The van der Waals surface area contributed by atoms with Crippen molar-refractivity contribution >= 4 is 32.3 Å². The van der Waals surface area contributed by atoms with E-state index in [9.17, 15) is 4.79 Å². The van der Waals surface area contributed by atoms with Crippen LogP contribution in [0.3, 0.4) is 0 Å². The first-order valence-corrected chi connectivity index (χ1v) is 12.3. The van der Waals surface area contributed by atoms with Gasteiger partial charge in [-0.25, -0.2) is 4.79 Å². The second-order valence-electron chi connectivity index (χ2n) is 7.75. The number of rotatable bonds is 4. The van der Waals surface area contributed by atoms with E-state index in [2.05, 4.69) is 32.6 Å². The fraction of sp³-hybridized carbons (Fsp3) is 0.611. The van der Waals surface area contributed by atoms with Crippen molar-refractivity contribution in [1.29, 1.82) is 0 Å². The summed E-state index contributed by atoms with van der Waals surface area (Å²) in [6.07, 6.45) is 1.81. The third-order valence-corrected chi connectivity index (χ3v) is 6.39. The zero-order valence-electron chi connectivity index (χ0n) is 15.3. The number of carbonyl (C=O) groups is 1. The SMILES string of the molecule is Cc1c(N)cccc1C1CCN(C(=O)OCC[Si](C)(C)C)CC1.Cl. The highest BCUT2D eigenvalue weighted by Crippen LogP contribution is 2.32. The van der Waals surface area contributed by atoms with Gasteiger partial charge in [-0.1, -0.05) is 31.8 Å². The van der Waals surface area contributed by atoms with Gasteiger partial charge in [0.05, 0.1) is 6.61 Å². The molecule has 0 spiro atoms. The Morgan fingerprint density at radius 3 is 2.50 bits per heavy atom. The summed E-state index contributed by atoms with van der Waals surface area (Å²) in [7, 11) is -1.15. The fourth-order valence-corrected chi connectivity index (χ4v) is 3.74. The average molecular weight is 371 g/mol. The maximum Gasteiger partial charge on any atom is 0.409 e. The minimum atomic E-state index is -1.15. The predicted octanol–water partition coefficient (Wildman–Crippen LogP) is 4.65. The van der Waals surface area contributed by atoms with Crippen LogP contribution in [0.1, 0.15) is 29.9 Å². The molecule has 0 unspecified atom stereocenters. The van der Waals surface area contributed by atoms with E-state index in [1.807, 2.05) is 17.0 Å². The van der Waals surface area contributed by atoms with Gasteiger partial charge in [-0.15, -0.1) is 12.4 Å². The molecule has 1 aliphatic rings. The number of piperidine rings is 1. The van der Waals surface area contributed by atoms with Crippen LogP contribution in [-0.2, 0) is 4.74 Å². The molecule has 136 valence electrons. The summed E-state index contributed by atoms with van der Waals surface area (Å²) in [5.74, 6) is 0.490. The second kappa shape index (κ2) is 8.76. The molecule has 0 atom stereocenters. The Bertz CT molecular complexity index is 552. The standard InChI is InChI=1S/C18H30N2O2Si.ClH/c1-14-16(6-5-7-17(14)19)15-8-10-20(11-9-15)18(21)22-12-13-23(2,3)4;/h5-7,15H,8-13,19H2,1-4H3;1H. The smallest absolute Gasteiger partial charge is 0.409 e. The van der Waals surface area contributed by atoms with Gasteiger partial charge in [0.25, 0.3) is 0 Å². The van der Waals surface area contributed by atoms with Crippen molar-refractivity contribution in [3.05, 3.63) is 29.3 Å². The van der Waals surface area contributed by atoms with Crippen molar-refractivity contribution in [2.75, 3.05) is 25.4 Å². The van der Waals surface area contributed by atoms with Gasteiger partial charge < -0.3 is 15.4 Å². The highest BCUT2D eigenvalue weighted by Gasteiger charge is 2.26. The Hall–Kier alpha value is -1.20. The molecule has 1 saturated heterocycles. The number of benzene rings is 1. The summed E-state index contributed by atoms with van der Waals surface area (Å²) in [6, 6.07) is 7.16. The molecule has 1 aromatic rings. The largest absolute Gasteiger partial charge is 0.450 e. The monoisotopic (exact) mass is 370 g/mol. The molecule has 0 aromatic heterocycles. The first-order valence-electron chi connectivity index (χ1n) is 8.54. The minimum Gasteiger partial charge on any atom is -0.450 e. The van der Waals surface area contributed by atoms with Gasteiger partial charge in [-0.2, -0.15) is 0 Å². The zero-order chi connectivity index (χ0) is 17.0. The maximum absolute atomic E-state index is 12.1. The Kier molecular flexibility index (Phi) is 7.61. The summed E-state index contributed by atoms with van der Waals surface area (Å²) in [5.41, 5.74) is 9.38. The highest BCUT2D eigenvalue weighted by atomic mass is 35.5. The van der Waals surface area contributed by atoms with Crippen molar-refractivity contribution in [2.45, 2.75) is 51.4 Å². The predicted molar refractivity (Wildman–Crippen MR) is 106 cm³/mol. The van der Waals surface area contributed by atoms with Crippen molar-refractivity contribution in [3.63, 3.8) is 0 Å². The molecule has 2 rings (SSSR count). The Balaban J connectivity index is 0.00000288. The van der Waals surface area contributed by atoms with Gasteiger partial charge in [0.15, 0.2) is 0 Å².